The molecule has 17 nitrogen and oxygen atoms in total. The molecule has 0 aromatic heterocycles. The van der Waals surface area contributed by atoms with Gasteiger partial charge in [0.25, 0.3) is 0 Å². The first-order valence-electron chi connectivity index (χ1n) is 36.4. The summed E-state index contributed by atoms with van der Waals surface area (Å²) in [5.74, 6) is -2.43. The Hall–Kier alpha value is -5.58. The molecule has 0 rings (SSSR count). The zero-order valence-corrected chi connectivity index (χ0v) is 61.9. The second-order valence-electron chi connectivity index (χ2n) is 23.4. The summed E-state index contributed by atoms with van der Waals surface area (Å²) in [6.45, 7) is 4.22. The van der Waals surface area contributed by atoms with Crippen LogP contribution < -0.4 is 0 Å². The maximum atomic E-state index is 13.1. The Kier molecular flexibility index (Phi) is 65.9. The lowest BCUT2D eigenvalue weighted by Gasteiger charge is -2.21. The fraction of sp³-hybridized carbons (Fsp3) is 0.595. The van der Waals surface area contributed by atoms with Crippen LogP contribution in [0.4, 0.5) is 0 Å². The third kappa shape index (κ3) is 68.9. The van der Waals surface area contributed by atoms with Crippen LogP contribution in [-0.2, 0) is 65.4 Å². The number of aliphatic hydroxyl groups is 1. The molecular formula is C79H126O17P2. The predicted molar refractivity (Wildman–Crippen MR) is 399 cm³/mol. The van der Waals surface area contributed by atoms with E-state index in [9.17, 15) is 43.2 Å². The summed E-state index contributed by atoms with van der Waals surface area (Å²) in [5.41, 5.74) is 0. The van der Waals surface area contributed by atoms with Crippen molar-refractivity contribution in [3.63, 3.8) is 0 Å². The topological polar surface area (TPSA) is 237 Å². The molecule has 0 aliphatic heterocycles. The first kappa shape index (κ1) is 92.4. The number of esters is 4. The summed E-state index contributed by atoms with van der Waals surface area (Å²) in [6, 6.07) is 0. The zero-order valence-electron chi connectivity index (χ0n) is 60.1. The van der Waals surface area contributed by atoms with Gasteiger partial charge in [-0.3, -0.25) is 37.3 Å². The molecule has 0 fully saturated rings. The number of carbonyl (C=O) groups excluding carboxylic acids is 4. The van der Waals surface area contributed by atoms with Crippen molar-refractivity contribution in [1.82, 2.24) is 0 Å². The van der Waals surface area contributed by atoms with Crippen molar-refractivity contribution in [1.29, 1.82) is 0 Å². The van der Waals surface area contributed by atoms with Crippen LogP contribution in [0.25, 0.3) is 0 Å². The summed E-state index contributed by atoms with van der Waals surface area (Å²) in [6.07, 6.45) is 81.1. The van der Waals surface area contributed by atoms with Gasteiger partial charge in [-0.15, -0.1) is 0 Å². The van der Waals surface area contributed by atoms with Gasteiger partial charge in [0.15, 0.2) is 12.2 Å². The van der Waals surface area contributed by atoms with Crippen molar-refractivity contribution < 1.29 is 80.2 Å². The van der Waals surface area contributed by atoms with Gasteiger partial charge < -0.3 is 33.8 Å². The van der Waals surface area contributed by atoms with E-state index in [1.165, 1.54) is 0 Å². The van der Waals surface area contributed by atoms with Crippen LogP contribution in [0.15, 0.2) is 170 Å². The van der Waals surface area contributed by atoms with E-state index in [1.807, 2.05) is 24.3 Å². The smallest absolute Gasteiger partial charge is 0.462 e. The zero-order chi connectivity index (χ0) is 71.8. The maximum Gasteiger partial charge on any atom is 0.472 e. The largest absolute Gasteiger partial charge is 0.472 e. The Morgan fingerprint density at radius 2 is 0.571 bits per heavy atom. The standard InChI is InChI=1S/C79H126O17P2/c1-5-9-13-17-21-25-29-33-36-40-43-47-51-55-59-63-76(81)89-69-74(95-78(83)65-61-57-53-49-45-39-32-28-24-20-16-12-8-4)71-93-97(85,86)91-67-73(80)68-92-98(87,88)94-72-75(96-79(84)66-62-58-54-50-46-42-38-35-31-27-23-19-15-11-7-3)70-90-77(82)64-60-56-52-48-44-41-37-34-30-26-22-18-14-10-6-2/h9-11,13-16,20-23,25-28,32-38,44,46,48,50,56,60,73-75,80H,5-8,12,17-19,24,29-31,39-43,45,47,49,51-55,57-59,61-72H2,1-4H3,(H,85,86)(H,87,88)/b13-9-,14-10-,15-11-,20-16-,25-21-,26-22-,27-23-,32-28-,36-33-,37-34-,38-35-,48-44-,50-46-,60-56-. The highest BCUT2D eigenvalue weighted by atomic mass is 31.2. The minimum absolute atomic E-state index is 0.0163. The molecule has 5 unspecified atom stereocenters. The molecule has 554 valence electrons. The Labute approximate surface area is 591 Å². The summed E-state index contributed by atoms with van der Waals surface area (Å²) < 4.78 is 68.2. The molecule has 0 saturated heterocycles. The number of hydrogen-bond donors (Lipinski definition) is 3. The molecule has 0 radical (unpaired) electrons. The molecule has 0 aliphatic carbocycles. The molecule has 5 atom stereocenters. The van der Waals surface area contributed by atoms with Crippen LogP contribution in [0.2, 0.25) is 0 Å². The van der Waals surface area contributed by atoms with Crippen molar-refractivity contribution in [3.05, 3.63) is 170 Å². The quantitative estimate of drug-likeness (QED) is 0.0169. The second-order valence-corrected chi connectivity index (χ2v) is 26.3. The molecule has 0 amide bonds. The molecule has 0 aromatic rings. The van der Waals surface area contributed by atoms with E-state index < -0.39 is 97.5 Å². The molecule has 98 heavy (non-hydrogen) atoms. The van der Waals surface area contributed by atoms with Crippen LogP contribution in [-0.4, -0.2) is 96.7 Å². The van der Waals surface area contributed by atoms with E-state index in [2.05, 4.69) is 167 Å². The van der Waals surface area contributed by atoms with Crippen LogP contribution in [0.5, 0.6) is 0 Å². The lowest BCUT2D eigenvalue weighted by molar-refractivity contribution is -0.161. The van der Waals surface area contributed by atoms with Crippen LogP contribution in [0.1, 0.15) is 246 Å². The number of hydrogen-bond acceptors (Lipinski definition) is 15. The number of carbonyl (C=O) groups is 4. The average Bonchev–Trinajstić information content (AvgIpc) is 1.04. The molecule has 0 heterocycles. The van der Waals surface area contributed by atoms with E-state index in [4.69, 9.17) is 37.0 Å². The van der Waals surface area contributed by atoms with Gasteiger partial charge in [0, 0.05) is 19.3 Å². The molecular weight excluding hydrogens is 1280 g/mol. The van der Waals surface area contributed by atoms with Gasteiger partial charge in [-0.1, -0.05) is 243 Å². The van der Waals surface area contributed by atoms with Gasteiger partial charge in [-0.2, -0.15) is 0 Å². The number of rotatable bonds is 66. The summed E-state index contributed by atoms with van der Waals surface area (Å²) in [4.78, 5) is 72.7. The number of allylic oxidation sites excluding steroid dienone is 27. The number of unbranched alkanes of at least 4 members (excludes halogenated alkanes) is 13. The van der Waals surface area contributed by atoms with Gasteiger partial charge in [-0.05, 0) is 148 Å². The molecule has 0 saturated carbocycles. The first-order chi connectivity index (χ1) is 47.7. The number of ether oxygens (including phenoxy) is 4. The lowest BCUT2D eigenvalue weighted by atomic mass is 10.1. The van der Waals surface area contributed by atoms with E-state index in [0.717, 1.165) is 161 Å². The third-order valence-corrected chi connectivity index (χ3v) is 16.1. The van der Waals surface area contributed by atoms with Gasteiger partial charge in [0.2, 0.25) is 0 Å². The minimum atomic E-state index is -5.01. The summed E-state index contributed by atoms with van der Waals surface area (Å²) in [7, 11) is -10.0. The monoisotopic (exact) mass is 1410 g/mol. The summed E-state index contributed by atoms with van der Waals surface area (Å²) in [5, 5.41) is 10.6. The average molecular weight is 1410 g/mol. The first-order valence-corrected chi connectivity index (χ1v) is 39.4. The van der Waals surface area contributed by atoms with Gasteiger partial charge >= 0.3 is 39.5 Å². The molecule has 3 N–H and O–H groups in total. The lowest BCUT2D eigenvalue weighted by Crippen LogP contribution is -2.30. The normalized spacial score (nSPS) is 15.0. The van der Waals surface area contributed by atoms with Crippen molar-refractivity contribution in [2.45, 2.75) is 264 Å². The predicted octanol–water partition coefficient (Wildman–Crippen LogP) is 20.7. The number of phosphoric ester groups is 2. The van der Waals surface area contributed by atoms with E-state index in [1.54, 1.807) is 6.08 Å². The number of aliphatic hydroxyl groups excluding tert-OH is 1. The molecule has 0 aliphatic rings. The summed E-state index contributed by atoms with van der Waals surface area (Å²) >= 11 is 0. The molecule has 0 bridgehead atoms. The van der Waals surface area contributed by atoms with Gasteiger partial charge in [0.05, 0.1) is 32.8 Å². The molecule has 0 aromatic carbocycles. The highest BCUT2D eigenvalue weighted by Crippen LogP contribution is 2.45. The van der Waals surface area contributed by atoms with Crippen molar-refractivity contribution in [2.24, 2.45) is 0 Å². The minimum Gasteiger partial charge on any atom is -0.462 e. The third-order valence-electron chi connectivity index (χ3n) is 14.2. The van der Waals surface area contributed by atoms with E-state index in [-0.39, 0.29) is 25.7 Å². The highest BCUT2D eigenvalue weighted by Gasteiger charge is 2.30. The number of phosphoric acid groups is 2. The van der Waals surface area contributed by atoms with Crippen LogP contribution in [0, 0.1) is 0 Å². The molecule has 0 spiro atoms. The SMILES string of the molecule is CC/C=C\C/C=C\C/C=C\C/C=C\C/C=C\CC(=O)OCC(COP(=O)(O)OCC(O)COP(=O)(O)OCC(COC(=O)CCCCCCC/C=C\C/C=C\C/C=C\CC)OC(=O)CCCCCCC/C=C\C/C=C\CCC)OC(=O)CCCC/C=C\C/C=C\C/C=C\C/C=C\CC. The van der Waals surface area contributed by atoms with Crippen molar-refractivity contribution >= 4 is 39.5 Å². The van der Waals surface area contributed by atoms with Crippen molar-refractivity contribution in [3.8, 4) is 0 Å². The van der Waals surface area contributed by atoms with Crippen LogP contribution in [0.3, 0.4) is 0 Å². The second kappa shape index (κ2) is 69.9. The van der Waals surface area contributed by atoms with Crippen LogP contribution >= 0.6 is 15.6 Å². The fourth-order valence-corrected chi connectivity index (χ4v) is 10.3. The fourth-order valence-electron chi connectivity index (χ4n) is 8.75. The Morgan fingerprint density at radius 1 is 0.306 bits per heavy atom. The Balaban J connectivity index is 5.49. The maximum absolute atomic E-state index is 13.1. The molecule has 19 heteroatoms. The Morgan fingerprint density at radius 3 is 0.929 bits per heavy atom. The van der Waals surface area contributed by atoms with Crippen molar-refractivity contribution in [2.75, 3.05) is 39.6 Å². The van der Waals surface area contributed by atoms with E-state index >= 15 is 0 Å². The Bertz CT molecular complexity index is 2530. The van der Waals surface area contributed by atoms with Gasteiger partial charge in [0.1, 0.15) is 19.3 Å². The van der Waals surface area contributed by atoms with Gasteiger partial charge in [-0.25, -0.2) is 9.13 Å². The van der Waals surface area contributed by atoms with E-state index in [0.29, 0.717) is 32.1 Å². The highest BCUT2D eigenvalue weighted by molar-refractivity contribution is 7.47.